The predicted octanol–water partition coefficient (Wildman–Crippen LogP) is 1.61. The summed E-state index contributed by atoms with van der Waals surface area (Å²) in [6, 6.07) is 4.93. The highest BCUT2D eigenvalue weighted by Crippen LogP contribution is 2.20. The van der Waals surface area contributed by atoms with Crippen LogP contribution < -0.4 is 0 Å². The Kier molecular flexibility index (Phi) is 2.01. The minimum Gasteiger partial charge on any atom is -0.258 e. The Morgan fingerprint density at radius 1 is 1.58 bits per heavy atom. The van der Waals surface area contributed by atoms with Crippen LogP contribution in [0.1, 0.15) is 5.56 Å². The fraction of sp³-hybridized carbons (Fsp3) is 0. The Labute approximate surface area is 67.0 Å². The van der Waals surface area contributed by atoms with Gasteiger partial charge in [-0.2, -0.15) is 9.65 Å². The van der Waals surface area contributed by atoms with E-state index in [1.54, 1.807) is 0 Å². The Hall–Kier alpha value is -1.96. The Morgan fingerprint density at radius 2 is 2.25 bits per heavy atom. The third kappa shape index (κ3) is 1.22. The van der Waals surface area contributed by atoms with Gasteiger partial charge >= 0.3 is 5.69 Å². The standard InChI is InChI=1S/C7H3FN2O2/c8-6-3-1-2-5(4-9)7(6)10(11)12/h1-3H. The van der Waals surface area contributed by atoms with Crippen LogP contribution in [0.2, 0.25) is 0 Å². The van der Waals surface area contributed by atoms with Crippen LogP contribution in [0.3, 0.4) is 0 Å². The van der Waals surface area contributed by atoms with E-state index < -0.39 is 16.4 Å². The predicted molar refractivity (Wildman–Crippen MR) is 37.8 cm³/mol. The van der Waals surface area contributed by atoms with Gasteiger partial charge < -0.3 is 0 Å². The molecule has 0 aromatic heterocycles. The van der Waals surface area contributed by atoms with Gasteiger partial charge in [0, 0.05) is 0 Å². The molecule has 0 spiro atoms. The summed E-state index contributed by atoms with van der Waals surface area (Å²) in [5, 5.41) is 18.6. The molecule has 1 rings (SSSR count). The lowest BCUT2D eigenvalue weighted by Gasteiger charge is -1.93. The van der Waals surface area contributed by atoms with E-state index in [4.69, 9.17) is 5.26 Å². The SMILES string of the molecule is N#Cc1cccc(F)c1[N+](=O)[O-]. The zero-order valence-electron chi connectivity index (χ0n) is 5.82. The van der Waals surface area contributed by atoms with Gasteiger partial charge in [0.05, 0.1) is 4.92 Å². The molecule has 0 aliphatic carbocycles. The average Bonchev–Trinajstić information content (AvgIpc) is 2.03. The number of para-hydroxylation sites is 1. The monoisotopic (exact) mass is 166 g/mol. The number of nitro benzene ring substituents is 1. The van der Waals surface area contributed by atoms with Gasteiger partial charge in [-0.15, -0.1) is 0 Å². The molecule has 12 heavy (non-hydrogen) atoms. The smallest absolute Gasteiger partial charge is 0.258 e. The second-order valence-electron chi connectivity index (χ2n) is 2.00. The fourth-order valence-electron chi connectivity index (χ4n) is 0.791. The number of hydrogen-bond donors (Lipinski definition) is 0. The zero-order chi connectivity index (χ0) is 9.14. The van der Waals surface area contributed by atoms with Crippen LogP contribution >= 0.6 is 0 Å². The molecule has 0 saturated heterocycles. The van der Waals surface area contributed by atoms with E-state index in [2.05, 4.69) is 0 Å². The second-order valence-corrected chi connectivity index (χ2v) is 2.00. The van der Waals surface area contributed by atoms with Crippen molar-refractivity contribution in [2.45, 2.75) is 0 Å². The zero-order valence-corrected chi connectivity index (χ0v) is 5.82. The summed E-state index contributed by atoms with van der Waals surface area (Å²) in [6.07, 6.45) is 0. The first kappa shape index (κ1) is 8.14. The first-order valence-corrected chi connectivity index (χ1v) is 3.00. The molecule has 0 aliphatic rings. The van der Waals surface area contributed by atoms with Crippen molar-refractivity contribution in [3.8, 4) is 6.07 Å². The van der Waals surface area contributed by atoms with Gasteiger partial charge in [-0.05, 0) is 12.1 Å². The number of rotatable bonds is 1. The van der Waals surface area contributed by atoms with E-state index in [1.807, 2.05) is 0 Å². The fourth-order valence-corrected chi connectivity index (χ4v) is 0.791. The quantitative estimate of drug-likeness (QED) is 0.470. The molecule has 4 nitrogen and oxygen atoms in total. The minimum absolute atomic E-state index is 0.264. The number of benzene rings is 1. The van der Waals surface area contributed by atoms with Crippen LogP contribution in [-0.4, -0.2) is 4.92 Å². The molecular formula is C7H3FN2O2. The molecule has 0 radical (unpaired) electrons. The molecule has 0 bridgehead atoms. The van der Waals surface area contributed by atoms with Crippen LogP contribution in [0.4, 0.5) is 10.1 Å². The molecule has 1 aromatic rings. The maximum Gasteiger partial charge on any atom is 0.322 e. The van der Waals surface area contributed by atoms with E-state index in [9.17, 15) is 14.5 Å². The molecule has 0 saturated carbocycles. The average molecular weight is 166 g/mol. The van der Waals surface area contributed by atoms with E-state index in [0.29, 0.717) is 0 Å². The number of halogens is 1. The van der Waals surface area contributed by atoms with Crippen molar-refractivity contribution in [3.63, 3.8) is 0 Å². The van der Waals surface area contributed by atoms with Crippen molar-refractivity contribution < 1.29 is 9.31 Å². The minimum atomic E-state index is -0.987. The number of nitriles is 1. The van der Waals surface area contributed by atoms with Gasteiger partial charge in [0.15, 0.2) is 0 Å². The summed E-state index contributed by atoms with van der Waals surface area (Å²) < 4.78 is 12.7. The molecule has 1 aromatic carbocycles. The summed E-state index contributed by atoms with van der Waals surface area (Å²) in [4.78, 5) is 9.31. The summed E-state index contributed by atoms with van der Waals surface area (Å²) in [5.41, 5.74) is -1.03. The van der Waals surface area contributed by atoms with Gasteiger partial charge in [0.25, 0.3) is 0 Å². The van der Waals surface area contributed by atoms with Gasteiger partial charge in [-0.1, -0.05) is 6.07 Å². The topological polar surface area (TPSA) is 66.9 Å². The van der Waals surface area contributed by atoms with Crippen LogP contribution in [0.15, 0.2) is 18.2 Å². The van der Waals surface area contributed by atoms with E-state index in [0.717, 1.165) is 6.07 Å². The van der Waals surface area contributed by atoms with Crippen molar-refractivity contribution in [2.75, 3.05) is 0 Å². The van der Waals surface area contributed by atoms with Crippen molar-refractivity contribution in [1.29, 1.82) is 5.26 Å². The summed E-state index contributed by atoms with van der Waals surface area (Å²) in [6.45, 7) is 0. The Balaban J connectivity index is 3.42. The van der Waals surface area contributed by atoms with Crippen LogP contribution in [0, 0.1) is 27.3 Å². The highest BCUT2D eigenvalue weighted by Gasteiger charge is 2.18. The lowest BCUT2D eigenvalue weighted by atomic mass is 10.2. The van der Waals surface area contributed by atoms with E-state index in [-0.39, 0.29) is 5.56 Å². The molecule has 0 amide bonds. The maximum absolute atomic E-state index is 12.7. The van der Waals surface area contributed by atoms with E-state index in [1.165, 1.54) is 18.2 Å². The number of nitrogens with zero attached hydrogens (tertiary/aromatic N) is 2. The molecule has 5 heteroatoms. The first-order valence-electron chi connectivity index (χ1n) is 3.00. The molecule has 60 valence electrons. The highest BCUT2D eigenvalue weighted by atomic mass is 19.1. The van der Waals surface area contributed by atoms with Gasteiger partial charge in [-0.25, -0.2) is 0 Å². The lowest BCUT2D eigenvalue weighted by molar-refractivity contribution is -0.387. The molecule has 0 atom stereocenters. The normalized spacial score (nSPS) is 9.00. The maximum atomic E-state index is 12.7. The second kappa shape index (κ2) is 2.96. The largest absolute Gasteiger partial charge is 0.322 e. The first-order chi connectivity index (χ1) is 5.66. The number of nitro groups is 1. The molecule has 0 heterocycles. The van der Waals surface area contributed by atoms with E-state index >= 15 is 0 Å². The van der Waals surface area contributed by atoms with Gasteiger partial charge in [-0.3, -0.25) is 10.1 Å². The molecule has 0 aliphatic heterocycles. The summed E-state index contributed by atoms with van der Waals surface area (Å²) >= 11 is 0. The lowest BCUT2D eigenvalue weighted by Crippen LogP contribution is -1.95. The van der Waals surface area contributed by atoms with Crippen molar-refractivity contribution >= 4 is 5.69 Å². The highest BCUT2D eigenvalue weighted by molar-refractivity contribution is 5.48. The Bertz CT molecular complexity index is 370. The van der Waals surface area contributed by atoms with Crippen molar-refractivity contribution in [2.24, 2.45) is 0 Å². The van der Waals surface area contributed by atoms with Crippen LogP contribution in [0.5, 0.6) is 0 Å². The van der Waals surface area contributed by atoms with Crippen LogP contribution in [0.25, 0.3) is 0 Å². The van der Waals surface area contributed by atoms with Crippen LogP contribution in [-0.2, 0) is 0 Å². The number of hydrogen-bond acceptors (Lipinski definition) is 3. The summed E-state index contributed by atoms with van der Waals surface area (Å²) in [7, 11) is 0. The van der Waals surface area contributed by atoms with Crippen molar-refractivity contribution in [3.05, 3.63) is 39.7 Å². The Morgan fingerprint density at radius 3 is 2.67 bits per heavy atom. The molecule has 0 unspecified atom stereocenters. The summed E-state index contributed by atoms with van der Waals surface area (Å²) in [5.74, 6) is -0.987. The molecular weight excluding hydrogens is 163 g/mol. The van der Waals surface area contributed by atoms with Gasteiger partial charge in [0.1, 0.15) is 11.6 Å². The molecule has 0 N–H and O–H groups in total. The third-order valence-corrected chi connectivity index (χ3v) is 1.29. The third-order valence-electron chi connectivity index (χ3n) is 1.29. The van der Waals surface area contributed by atoms with Gasteiger partial charge in [0.2, 0.25) is 5.82 Å². The molecule has 0 fully saturated rings. The van der Waals surface area contributed by atoms with Crippen molar-refractivity contribution in [1.82, 2.24) is 0 Å².